The first-order chi connectivity index (χ1) is 10.8. The molecule has 1 aromatic rings. The van der Waals surface area contributed by atoms with Crippen LogP contribution in [-0.2, 0) is 4.74 Å². The number of hydrogen-bond donors (Lipinski definition) is 0. The van der Waals surface area contributed by atoms with E-state index in [1.807, 2.05) is 6.92 Å². The Kier molecular flexibility index (Phi) is 7.32. The highest BCUT2D eigenvalue weighted by Crippen LogP contribution is 2.31. The number of carbonyl (C=O) groups excluding carboxylic acids is 1. The molecular formula is C16H20F4O3. The van der Waals surface area contributed by atoms with Gasteiger partial charge in [-0.05, 0) is 19.8 Å². The minimum Gasteiger partial charge on any atom is -0.485 e. The standard InChI is InChI=1S/C16H20F4O3/c1-4-5-6-7-8-9(2)23-15-13(19)11(17)10(16(21)22-3)12(18)14(15)20/h9H,4-8H2,1-3H3. The van der Waals surface area contributed by atoms with Crippen LogP contribution in [0.2, 0.25) is 0 Å². The van der Waals surface area contributed by atoms with Crippen LogP contribution in [-0.4, -0.2) is 19.2 Å². The lowest BCUT2D eigenvalue weighted by molar-refractivity contribution is 0.0585. The molecule has 0 fully saturated rings. The van der Waals surface area contributed by atoms with Crippen LogP contribution in [0, 0.1) is 23.3 Å². The average Bonchev–Trinajstić information content (AvgIpc) is 2.53. The average molecular weight is 336 g/mol. The van der Waals surface area contributed by atoms with Crippen molar-refractivity contribution in [3.8, 4) is 5.75 Å². The van der Waals surface area contributed by atoms with E-state index in [4.69, 9.17) is 4.74 Å². The number of unbranched alkanes of at least 4 members (excludes halogenated alkanes) is 3. The van der Waals surface area contributed by atoms with Crippen molar-refractivity contribution in [2.24, 2.45) is 0 Å². The summed E-state index contributed by atoms with van der Waals surface area (Å²) in [5.41, 5.74) is -1.41. The van der Waals surface area contributed by atoms with Gasteiger partial charge in [-0.3, -0.25) is 0 Å². The van der Waals surface area contributed by atoms with E-state index >= 15 is 0 Å². The quantitative estimate of drug-likeness (QED) is 0.297. The molecule has 0 bridgehead atoms. The smallest absolute Gasteiger partial charge is 0.344 e. The molecule has 0 aromatic heterocycles. The maximum atomic E-state index is 13.9. The number of carbonyl (C=O) groups is 1. The SMILES string of the molecule is CCCCCCC(C)Oc1c(F)c(F)c(C(=O)OC)c(F)c1F. The number of benzene rings is 1. The number of methoxy groups -OCH3 is 1. The fraction of sp³-hybridized carbons (Fsp3) is 0.562. The number of halogens is 4. The molecule has 0 N–H and O–H groups in total. The highest BCUT2D eigenvalue weighted by Gasteiger charge is 2.31. The Morgan fingerprint density at radius 1 is 1.00 bits per heavy atom. The molecule has 0 saturated heterocycles. The van der Waals surface area contributed by atoms with Gasteiger partial charge in [0.2, 0.25) is 11.6 Å². The van der Waals surface area contributed by atoms with Crippen molar-refractivity contribution in [3.05, 3.63) is 28.8 Å². The van der Waals surface area contributed by atoms with Crippen LogP contribution in [0.5, 0.6) is 5.75 Å². The number of ether oxygens (including phenoxy) is 2. The topological polar surface area (TPSA) is 35.5 Å². The lowest BCUT2D eigenvalue weighted by Gasteiger charge is -2.17. The van der Waals surface area contributed by atoms with Crippen LogP contribution >= 0.6 is 0 Å². The van der Waals surface area contributed by atoms with Crippen LogP contribution in [0.3, 0.4) is 0 Å². The Morgan fingerprint density at radius 2 is 1.57 bits per heavy atom. The monoisotopic (exact) mass is 336 g/mol. The van der Waals surface area contributed by atoms with E-state index < -0.39 is 46.7 Å². The van der Waals surface area contributed by atoms with Gasteiger partial charge in [-0.2, -0.15) is 8.78 Å². The predicted octanol–water partition coefficient (Wildman–Crippen LogP) is 4.77. The second kappa shape index (κ2) is 8.74. The van der Waals surface area contributed by atoms with E-state index in [1.165, 1.54) is 0 Å². The number of esters is 1. The Bertz CT molecular complexity index is 532. The summed E-state index contributed by atoms with van der Waals surface area (Å²) in [6.45, 7) is 3.59. The van der Waals surface area contributed by atoms with E-state index in [9.17, 15) is 22.4 Å². The van der Waals surface area contributed by atoms with Gasteiger partial charge in [-0.15, -0.1) is 0 Å². The Morgan fingerprint density at radius 3 is 2.04 bits per heavy atom. The van der Waals surface area contributed by atoms with Gasteiger partial charge in [0.15, 0.2) is 17.4 Å². The molecule has 1 rings (SSSR count). The maximum Gasteiger partial charge on any atom is 0.344 e. The molecule has 0 aliphatic heterocycles. The van der Waals surface area contributed by atoms with Crippen molar-refractivity contribution in [2.45, 2.75) is 52.1 Å². The molecule has 1 aromatic carbocycles. The molecule has 0 aliphatic carbocycles. The maximum absolute atomic E-state index is 13.9. The number of hydrogen-bond acceptors (Lipinski definition) is 3. The third-order valence-corrected chi connectivity index (χ3v) is 3.40. The number of rotatable bonds is 8. The predicted molar refractivity (Wildman–Crippen MR) is 76.5 cm³/mol. The fourth-order valence-electron chi connectivity index (χ4n) is 2.11. The van der Waals surface area contributed by atoms with Crippen LogP contribution in [0.4, 0.5) is 17.6 Å². The van der Waals surface area contributed by atoms with Gasteiger partial charge in [0.05, 0.1) is 13.2 Å². The molecule has 1 unspecified atom stereocenters. The summed E-state index contributed by atoms with van der Waals surface area (Å²) < 4.78 is 64.5. The molecule has 1 atom stereocenters. The zero-order valence-electron chi connectivity index (χ0n) is 13.3. The minimum absolute atomic E-state index is 0.487. The third kappa shape index (κ3) is 4.59. The summed E-state index contributed by atoms with van der Waals surface area (Å²) in [7, 11) is 0.847. The summed E-state index contributed by atoms with van der Waals surface area (Å²) in [6.07, 6.45) is 3.61. The van der Waals surface area contributed by atoms with E-state index in [1.54, 1.807) is 6.92 Å². The molecule has 23 heavy (non-hydrogen) atoms. The van der Waals surface area contributed by atoms with Gasteiger partial charge in [0, 0.05) is 0 Å². The first-order valence-corrected chi connectivity index (χ1v) is 7.45. The lowest BCUT2D eigenvalue weighted by atomic mass is 10.1. The zero-order valence-corrected chi connectivity index (χ0v) is 13.3. The van der Waals surface area contributed by atoms with E-state index in [0.717, 1.165) is 32.8 Å². The van der Waals surface area contributed by atoms with Crippen molar-refractivity contribution in [3.63, 3.8) is 0 Å². The Balaban J connectivity index is 2.98. The van der Waals surface area contributed by atoms with E-state index in [-0.39, 0.29) is 0 Å². The van der Waals surface area contributed by atoms with Gasteiger partial charge in [0.25, 0.3) is 0 Å². The van der Waals surface area contributed by atoms with Gasteiger partial charge >= 0.3 is 5.97 Å². The summed E-state index contributed by atoms with van der Waals surface area (Å²) >= 11 is 0. The summed E-state index contributed by atoms with van der Waals surface area (Å²) in [4.78, 5) is 11.2. The van der Waals surface area contributed by atoms with Crippen LogP contribution in [0.25, 0.3) is 0 Å². The van der Waals surface area contributed by atoms with Gasteiger partial charge < -0.3 is 9.47 Å². The Hall–Kier alpha value is -1.79. The van der Waals surface area contributed by atoms with Crippen LogP contribution in [0.1, 0.15) is 56.3 Å². The van der Waals surface area contributed by atoms with Crippen molar-refractivity contribution in [2.75, 3.05) is 7.11 Å². The van der Waals surface area contributed by atoms with Gasteiger partial charge in [-0.1, -0.05) is 26.2 Å². The van der Waals surface area contributed by atoms with E-state index in [2.05, 4.69) is 4.74 Å². The van der Waals surface area contributed by atoms with E-state index in [0.29, 0.717) is 6.42 Å². The highest BCUT2D eigenvalue weighted by molar-refractivity contribution is 5.90. The molecule has 130 valence electrons. The third-order valence-electron chi connectivity index (χ3n) is 3.40. The molecule has 0 radical (unpaired) electrons. The molecule has 0 saturated carbocycles. The van der Waals surface area contributed by atoms with Gasteiger partial charge in [-0.25, -0.2) is 13.6 Å². The molecule has 3 nitrogen and oxygen atoms in total. The largest absolute Gasteiger partial charge is 0.485 e. The second-order valence-electron chi connectivity index (χ2n) is 5.23. The lowest BCUT2D eigenvalue weighted by Crippen LogP contribution is -2.18. The first-order valence-electron chi connectivity index (χ1n) is 7.45. The zero-order chi connectivity index (χ0) is 17.6. The van der Waals surface area contributed by atoms with Crippen LogP contribution < -0.4 is 4.74 Å². The molecule has 0 amide bonds. The second-order valence-corrected chi connectivity index (χ2v) is 5.23. The van der Waals surface area contributed by atoms with Crippen molar-refractivity contribution < 1.29 is 31.8 Å². The summed E-state index contributed by atoms with van der Waals surface area (Å²) in [5, 5.41) is 0. The van der Waals surface area contributed by atoms with Crippen molar-refractivity contribution >= 4 is 5.97 Å². The normalized spacial score (nSPS) is 12.1. The molecule has 0 aliphatic rings. The van der Waals surface area contributed by atoms with Gasteiger partial charge in [0.1, 0.15) is 5.56 Å². The molecular weight excluding hydrogens is 316 g/mol. The van der Waals surface area contributed by atoms with Crippen molar-refractivity contribution in [1.29, 1.82) is 0 Å². The molecule has 0 heterocycles. The van der Waals surface area contributed by atoms with Crippen LogP contribution in [0.15, 0.2) is 0 Å². The molecule has 0 spiro atoms. The Labute approximate surface area is 132 Å². The summed E-state index contributed by atoms with van der Waals surface area (Å²) in [5.74, 6) is -9.81. The summed E-state index contributed by atoms with van der Waals surface area (Å²) in [6, 6.07) is 0. The fourth-order valence-corrected chi connectivity index (χ4v) is 2.11. The minimum atomic E-state index is -1.83. The molecule has 7 heteroatoms. The van der Waals surface area contributed by atoms with Crippen molar-refractivity contribution in [1.82, 2.24) is 0 Å². The highest BCUT2D eigenvalue weighted by atomic mass is 19.2. The first kappa shape index (κ1) is 19.3.